The third-order valence-electron chi connectivity index (χ3n) is 3.43. The van der Waals surface area contributed by atoms with Crippen molar-refractivity contribution in [1.29, 1.82) is 0 Å². The van der Waals surface area contributed by atoms with Crippen LogP contribution in [0.5, 0.6) is 5.75 Å². The second kappa shape index (κ2) is 5.89. The van der Waals surface area contributed by atoms with Crippen molar-refractivity contribution in [3.63, 3.8) is 0 Å². The molecule has 1 aliphatic rings. The first-order valence-electron chi connectivity index (χ1n) is 6.45. The molecule has 0 amide bonds. The number of hydrogen-bond acceptors (Lipinski definition) is 4. The number of halogens is 1. The Bertz CT molecular complexity index is 581. The number of benzene rings is 1. The van der Waals surface area contributed by atoms with Crippen LogP contribution in [0, 0.1) is 0 Å². The van der Waals surface area contributed by atoms with Gasteiger partial charge in [-0.05, 0) is 26.0 Å². The Morgan fingerprint density at radius 2 is 1.90 bits per heavy atom. The lowest BCUT2D eigenvalue weighted by Crippen LogP contribution is -2.57. The minimum atomic E-state index is -3.61. The zero-order chi connectivity index (χ0) is 14.9. The molecular formula is C13H19ClN2O3S. The van der Waals surface area contributed by atoms with Gasteiger partial charge in [0.1, 0.15) is 10.6 Å². The SMILES string of the molecule is COc1cc(Cl)ccc1S(=O)(=O)N1C(C)CNCC1C. The minimum Gasteiger partial charge on any atom is -0.495 e. The molecule has 0 saturated carbocycles. The Balaban J connectivity index is 2.49. The maximum Gasteiger partial charge on any atom is 0.247 e. The van der Waals surface area contributed by atoms with Crippen molar-refractivity contribution >= 4 is 21.6 Å². The van der Waals surface area contributed by atoms with Gasteiger partial charge in [0.15, 0.2) is 0 Å². The Labute approximate surface area is 124 Å². The van der Waals surface area contributed by atoms with E-state index >= 15 is 0 Å². The predicted octanol–water partition coefficient (Wildman–Crippen LogP) is 1.72. The van der Waals surface area contributed by atoms with Crippen LogP contribution >= 0.6 is 11.6 Å². The lowest BCUT2D eigenvalue weighted by atomic mass is 10.2. The summed E-state index contributed by atoms with van der Waals surface area (Å²) >= 11 is 5.89. The van der Waals surface area contributed by atoms with E-state index in [-0.39, 0.29) is 22.7 Å². The van der Waals surface area contributed by atoms with Gasteiger partial charge in [-0.1, -0.05) is 11.6 Å². The quantitative estimate of drug-likeness (QED) is 0.922. The van der Waals surface area contributed by atoms with Gasteiger partial charge in [-0.25, -0.2) is 8.42 Å². The molecule has 5 nitrogen and oxygen atoms in total. The monoisotopic (exact) mass is 318 g/mol. The van der Waals surface area contributed by atoms with Crippen molar-refractivity contribution in [3.8, 4) is 5.75 Å². The summed E-state index contributed by atoms with van der Waals surface area (Å²) in [4.78, 5) is 0.157. The van der Waals surface area contributed by atoms with Crippen LogP contribution in [0.2, 0.25) is 5.02 Å². The maximum atomic E-state index is 12.9. The summed E-state index contributed by atoms with van der Waals surface area (Å²) in [6, 6.07) is 4.37. The molecule has 0 radical (unpaired) electrons. The van der Waals surface area contributed by atoms with Crippen LogP contribution in [0.15, 0.2) is 23.1 Å². The van der Waals surface area contributed by atoms with E-state index in [4.69, 9.17) is 16.3 Å². The summed E-state index contributed by atoms with van der Waals surface area (Å²) in [5.41, 5.74) is 0. The van der Waals surface area contributed by atoms with Gasteiger partial charge in [-0.3, -0.25) is 0 Å². The molecule has 1 heterocycles. The molecule has 1 fully saturated rings. The van der Waals surface area contributed by atoms with Crippen molar-refractivity contribution in [1.82, 2.24) is 9.62 Å². The number of sulfonamides is 1. The van der Waals surface area contributed by atoms with Gasteiger partial charge in [-0.15, -0.1) is 0 Å². The molecule has 1 aliphatic heterocycles. The van der Waals surface area contributed by atoms with E-state index in [9.17, 15) is 8.42 Å². The number of nitrogens with zero attached hydrogens (tertiary/aromatic N) is 1. The fourth-order valence-corrected chi connectivity index (χ4v) is 4.68. The van der Waals surface area contributed by atoms with Crippen molar-refractivity contribution in [2.75, 3.05) is 20.2 Å². The molecule has 2 atom stereocenters. The normalized spacial score (nSPS) is 24.6. The van der Waals surface area contributed by atoms with E-state index in [1.807, 2.05) is 13.8 Å². The van der Waals surface area contributed by atoms with E-state index in [1.54, 1.807) is 6.07 Å². The fraction of sp³-hybridized carbons (Fsp3) is 0.538. The molecule has 112 valence electrons. The van der Waals surface area contributed by atoms with Gasteiger partial charge in [0, 0.05) is 36.3 Å². The van der Waals surface area contributed by atoms with Gasteiger partial charge in [0.25, 0.3) is 0 Å². The van der Waals surface area contributed by atoms with Crippen LogP contribution in [0.1, 0.15) is 13.8 Å². The molecule has 0 aliphatic carbocycles. The Morgan fingerprint density at radius 1 is 1.30 bits per heavy atom. The Morgan fingerprint density at radius 3 is 2.45 bits per heavy atom. The second-order valence-corrected chi connectivity index (χ2v) is 7.23. The minimum absolute atomic E-state index is 0.107. The fourth-order valence-electron chi connectivity index (χ4n) is 2.56. The summed E-state index contributed by atoms with van der Waals surface area (Å²) in [7, 11) is -2.17. The number of hydrogen-bond donors (Lipinski definition) is 1. The smallest absolute Gasteiger partial charge is 0.247 e. The van der Waals surface area contributed by atoms with E-state index in [1.165, 1.54) is 23.5 Å². The first kappa shape index (κ1) is 15.6. The van der Waals surface area contributed by atoms with Crippen molar-refractivity contribution in [3.05, 3.63) is 23.2 Å². The molecule has 1 N–H and O–H groups in total. The molecule has 2 unspecified atom stereocenters. The van der Waals surface area contributed by atoms with Crippen molar-refractivity contribution in [2.24, 2.45) is 0 Å². The van der Waals surface area contributed by atoms with Gasteiger partial charge >= 0.3 is 0 Å². The molecule has 0 bridgehead atoms. The average molecular weight is 319 g/mol. The lowest BCUT2D eigenvalue weighted by Gasteiger charge is -2.38. The topological polar surface area (TPSA) is 58.6 Å². The Kier molecular flexibility index (Phi) is 4.59. The zero-order valence-electron chi connectivity index (χ0n) is 11.8. The first-order valence-corrected chi connectivity index (χ1v) is 8.27. The molecule has 1 aromatic carbocycles. The summed E-state index contributed by atoms with van der Waals surface area (Å²) in [5, 5.41) is 3.66. The highest BCUT2D eigenvalue weighted by atomic mass is 35.5. The molecule has 20 heavy (non-hydrogen) atoms. The van der Waals surface area contributed by atoms with Crippen LogP contribution in [-0.2, 0) is 10.0 Å². The molecule has 7 heteroatoms. The van der Waals surface area contributed by atoms with E-state index in [0.717, 1.165) is 0 Å². The molecule has 1 saturated heterocycles. The predicted molar refractivity (Wildman–Crippen MR) is 78.8 cm³/mol. The summed E-state index contributed by atoms with van der Waals surface area (Å²) in [6.45, 7) is 5.06. The maximum absolute atomic E-state index is 12.9. The number of ether oxygens (including phenoxy) is 1. The highest BCUT2D eigenvalue weighted by molar-refractivity contribution is 7.89. The van der Waals surface area contributed by atoms with Crippen molar-refractivity contribution in [2.45, 2.75) is 30.8 Å². The highest BCUT2D eigenvalue weighted by Gasteiger charge is 2.37. The van der Waals surface area contributed by atoms with E-state index in [2.05, 4.69) is 5.32 Å². The second-order valence-electron chi connectivity index (χ2n) is 4.99. The van der Waals surface area contributed by atoms with Crippen molar-refractivity contribution < 1.29 is 13.2 Å². The average Bonchev–Trinajstić information content (AvgIpc) is 2.37. The molecule has 2 rings (SSSR count). The van der Waals surface area contributed by atoms with Crippen LogP contribution in [-0.4, -0.2) is 45.0 Å². The number of rotatable bonds is 3. The van der Waals surface area contributed by atoms with Gasteiger partial charge in [0.2, 0.25) is 10.0 Å². The lowest BCUT2D eigenvalue weighted by molar-refractivity contribution is 0.219. The molecule has 0 aromatic heterocycles. The summed E-state index contributed by atoms with van der Waals surface area (Å²) in [5.74, 6) is 0.274. The zero-order valence-corrected chi connectivity index (χ0v) is 13.3. The first-order chi connectivity index (χ1) is 9.37. The van der Waals surface area contributed by atoms with Crippen LogP contribution < -0.4 is 10.1 Å². The Hall–Kier alpha value is -0.820. The molecule has 0 spiro atoms. The standard InChI is InChI=1S/C13H19ClN2O3S/c1-9-7-15-8-10(2)16(9)20(17,18)13-5-4-11(14)6-12(13)19-3/h4-6,9-10,15H,7-8H2,1-3H3. The number of piperazine rings is 1. The van der Waals surface area contributed by atoms with Crippen LogP contribution in [0.25, 0.3) is 0 Å². The third-order valence-corrected chi connectivity index (χ3v) is 5.83. The number of methoxy groups -OCH3 is 1. The molecule has 1 aromatic rings. The third kappa shape index (κ3) is 2.79. The van der Waals surface area contributed by atoms with E-state index < -0.39 is 10.0 Å². The van der Waals surface area contributed by atoms with Gasteiger partial charge < -0.3 is 10.1 Å². The highest BCUT2D eigenvalue weighted by Crippen LogP contribution is 2.31. The summed E-state index contributed by atoms with van der Waals surface area (Å²) in [6.07, 6.45) is 0. The molecular weight excluding hydrogens is 300 g/mol. The van der Waals surface area contributed by atoms with E-state index in [0.29, 0.717) is 18.1 Å². The van der Waals surface area contributed by atoms with Gasteiger partial charge in [-0.2, -0.15) is 4.31 Å². The van der Waals surface area contributed by atoms with Gasteiger partial charge in [0.05, 0.1) is 7.11 Å². The largest absolute Gasteiger partial charge is 0.495 e. The number of nitrogens with one attached hydrogen (secondary N) is 1. The van der Waals surface area contributed by atoms with Crippen LogP contribution in [0.3, 0.4) is 0 Å². The summed E-state index contributed by atoms with van der Waals surface area (Å²) < 4.78 is 32.5. The van der Waals surface area contributed by atoms with Crippen LogP contribution in [0.4, 0.5) is 0 Å².